The maximum absolute atomic E-state index is 8.96. The molecule has 4 rings (SSSR count). The fourth-order valence-corrected chi connectivity index (χ4v) is 2.82. The number of aromatic nitrogens is 3. The second kappa shape index (κ2) is 5.40. The van der Waals surface area contributed by atoms with Crippen LogP contribution in [0.5, 0.6) is 0 Å². The van der Waals surface area contributed by atoms with Crippen molar-refractivity contribution in [1.82, 2.24) is 15.2 Å². The number of anilines is 1. The lowest BCUT2D eigenvalue weighted by molar-refractivity contribution is 0.285. The number of aliphatic hydroxyl groups is 1. The Labute approximate surface area is 131 Å². The molecule has 0 aliphatic rings. The Hall–Kier alpha value is -2.86. The summed E-state index contributed by atoms with van der Waals surface area (Å²) in [6, 6.07) is 9.89. The molecule has 0 amide bonds. The van der Waals surface area contributed by atoms with Crippen LogP contribution in [0.2, 0.25) is 0 Å². The summed E-state index contributed by atoms with van der Waals surface area (Å²) in [7, 11) is 0. The molecule has 0 saturated carbocycles. The lowest BCUT2D eigenvalue weighted by Gasteiger charge is -2.03. The van der Waals surface area contributed by atoms with Gasteiger partial charge in [0, 0.05) is 35.6 Å². The van der Waals surface area contributed by atoms with Gasteiger partial charge >= 0.3 is 0 Å². The number of hydrogen-bond acceptors (Lipinski definition) is 5. The number of furan rings is 1. The number of rotatable bonds is 4. The lowest BCUT2D eigenvalue weighted by Crippen LogP contribution is -1.92. The SMILES string of the molecule is Nc1nc2cc(-c3cc[nH]n3)ccc2c2cc(CCCO)oc12. The molecule has 0 atom stereocenters. The zero-order valence-corrected chi connectivity index (χ0v) is 12.4. The first-order valence-electron chi connectivity index (χ1n) is 7.49. The molecule has 0 bridgehead atoms. The molecule has 0 spiro atoms. The molecule has 3 heterocycles. The Kier molecular flexibility index (Phi) is 3.24. The van der Waals surface area contributed by atoms with Gasteiger partial charge in [0.15, 0.2) is 11.4 Å². The number of aromatic amines is 1. The van der Waals surface area contributed by atoms with Crippen LogP contribution in [-0.4, -0.2) is 26.9 Å². The van der Waals surface area contributed by atoms with Gasteiger partial charge in [-0.25, -0.2) is 4.98 Å². The van der Waals surface area contributed by atoms with Gasteiger partial charge in [0.2, 0.25) is 0 Å². The highest BCUT2D eigenvalue weighted by atomic mass is 16.3. The zero-order valence-electron chi connectivity index (χ0n) is 12.4. The number of aliphatic hydroxyl groups excluding tert-OH is 1. The Morgan fingerprint density at radius 2 is 2.09 bits per heavy atom. The third-order valence-electron chi connectivity index (χ3n) is 3.92. The van der Waals surface area contributed by atoms with Gasteiger partial charge in [0.25, 0.3) is 0 Å². The van der Waals surface area contributed by atoms with Crippen LogP contribution < -0.4 is 5.73 Å². The average Bonchev–Trinajstić information content (AvgIpc) is 3.22. The first kappa shape index (κ1) is 13.8. The quantitative estimate of drug-likeness (QED) is 0.538. The molecule has 0 fully saturated rings. The maximum atomic E-state index is 8.96. The maximum Gasteiger partial charge on any atom is 0.176 e. The van der Waals surface area contributed by atoms with E-state index >= 15 is 0 Å². The van der Waals surface area contributed by atoms with Crippen molar-refractivity contribution < 1.29 is 9.52 Å². The largest absolute Gasteiger partial charge is 0.457 e. The standard InChI is InChI=1S/C17H16N4O2/c18-17-16-13(9-11(23-16)2-1-7-22)12-4-3-10(8-15(12)20-17)14-5-6-19-21-14/h3-6,8-9,22H,1-2,7H2,(H2,18,20)(H,19,21). The van der Waals surface area contributed by atoms with Crippen LogP contribution >= 0.6 is 0 Å². The number of aryl methyl sites for hydroxylation is 1. The smallest absolute Gasteiger partial charge is 0.176 e. The number of nitrogens with zero attached hydrogens (tertiary/aromatic N) is 2. The molecular weight excluding hydrogens is 292 g/mol. The summed E-state index contributed by atoms with van der Waals surface area (Å²) in [5, 5.41) is 17.9. The van der Waals surface area contributed by atoms with Crippen molar-refractivity contribution in [3.63, 3.8) is 0 Å². The minimum atomic E-state index is 0.137. The van der Waals surface area contributed by atoms with Crippen LogP contribution in [0.3, 0.4) is 0 Å². The number of benzene rings is 1. The molecule has 0 unspecified atom stereocenters. The minimum Gasteiger partial charge on any atom is -0.457 e. The molecule has 0 aliphatic carbocycles. The van der Waals surface area contributed by atoms with Crippen LogP contribution in [0, 0.1) is 0 Å². The van der Waals surface area contributed by atoms with Crippen molar-refractivity contribution >= 4 is 27.7 Å². The summed E-state index contributed by atoms with van der Waals surface area (Å²) in [5.74, 6) is 1.19. The van der Waals surface area contributed by atoms with Crippen molar-refractivity contribution in [3.05, 3.63) is 42.3 Å². The summed E-state index contributed by atoms with van der Waals surface area (Å²) in [4.78, 5) is 4.46. The average molecular weight is 308 g/mol. The van der Waals surface area contributed by atoms with E-state index in [1.807, 2.05) is 30.3 Å². The Morgan fingerprint density at radius 3 is 2.87 bits per heavy atom. The molecule has 116 valence electrons. The van der Waals surface area contributed by atoms with Crippen molar-refractivity contribution in [3.8, 4) is 11.3 Å². The third-order valence-corrected chi connectivity index (χ3v) is 3.92. The molecule has 1 aromatic carbocycles. The summed E-state index contributed by atoms with van der Waals surface area (Å²) >= 11 is 0. The van der Waals surface area contributed by atoms with Crippen LogP contribution in [0.1, 0.15) is 12.2 Å². The van der Waals surface area contributed by atoms with E-state index in [-0.39, 0.29) is 6.61 Å². The number of fused-ring (bicyclic) bond motifs is 3. The van der Waals surface area contributed by atoms with E-state index in [0.717, 1.165) is 33.3 Å². The van der Waals surface area contributed by atoms with Crippen LogP contribution in [0.25, 0.3) is 33.1 Å². The second-order valence-electron chi connectivity index (χ2n) is 5.47. The highest BCUT2D eigenvalue weighted by Gasteiger charge is 2.13. The summed E-state index contributed by atoms with van der Waals surface area (Å²) in [6.07, 6.45) is 3.12. The molecular formula is C17H16N4O2. The Bertz CT molecular complexity index is 973. The van der Waals surface area contributed by atoms with Gasteiger partial charge in [-0.2, -0.15) is 5.10 Å². The number of nitrogen functional groups attached to an aromatic ring is 1. The van der Waals surface area contributed by atoms with Crippen molar-refractivity contribution in [2.24, 2.45) is 0 Å². The first-order chi connectivity index (χ1) is 11.3. The van der Waals surface area contributed by atoms with Gasteiger partial charge in [-0.1, -0.05) is 12.1 Å². The highest BCUT2D eigenvalue weighted by Crippen LogP contribution is 2.33. The second-order valence-corrected chi connectivity index (χ2v) is 5.47. The molecule has 0 aliphatic heterocycles. The number of nitrogens with two attached hydrogens (primary N) is 1. The fraction of sp³-hybridized carbons (Fsp3) is 0.176. The van der Waals surface area contributed by atoms with Crippen molar-refractivity contribution in [2.75, 3.05) is 12.3 Å². The van der Waals surface area contributed by atoms with Gasteiger partial charge in [-0.05, 0) is 24.6 Å². The predicted molar refractivity (Wildman–Crippen MR) is 88.9 cm³/mol. The lowest BCUT2D eigenvalue weighted by atomic mass is 10.1. The van der Waals surface area contributed by atoms with Gasteiger partial charge < -0.3 is 15.3 Å². The normalized spacial score (nSPS) is 11.5. The number of hydrogen-bond donors (Lipinski definition) is 3. The Balaban J connectivity index is 1.89. The Morgan fingerprint density at radius 1 is 1.17 bits per heavy atom. The molecule has 3 aromatic heterocycles. The topological polar surface area (TPSA) is 101 Å². The molecule has 0 radical (unpaired) electrons. The number of pyridine rings is 1. The summed E-state index contributed by atoms with van der Waals surface area (Å²) < 4.78 is 5.80. The van der Waals surface area contributed by atoms with E-state index in [2.05, 4.69) is 15.2 Å². The van der Waals surface area contributed by atoms with Gasteiger partial charge in [0.05, 0.1) is 11.2 Å². The zero-order chi connectivity index (χ0) is 15.8. The predicted octanol–water partition coefficient (Wildman–Crippen LogP) is 2.88. The third kappa shape index (κ3) is 2.33. The molecule has 4 N–H and O–H groups in total. The van der Waals surface area contributed by atoms with Crippen LogP contribution in [-0.2, 0) is 6.42 Å². The summed E-state index contributed by atoms with van der Waals surface area (Å²) in [6.45, 7) is 0.137. The van der Waals surface area contributed by atoms with E-state index in [0.29, 0.717) is 24.2 Å². The van der Waals surface area contributed by atoms with E-state index in [9.17, 15) is 0 Å². The molecule has 6 nitrogen and oxygen atoms in total. The molecule has 23 heavy (non-hydrogen) atoms. The first-order valence-corrected chi connectivity index (χ1v) is 7.49. The highest BCUT2D eigenvalue weighted by molar-refractivity contribution is 6.08. The minimum absolute atomic E-state index is 0.137. The van der Waals surface area contributed by atoms with Crippen molar-refractivity contribution in [1.29, 1.82) is 0 Å². The van der Waals surface area contributed by atoms with Gasteiger partial charge in [-0.15, -0.1) is 0 Å². The monoisotopic (exact) mass is 308 g/mol. The van der Waals surface area contributed by atoms with Crippen LogP contribution in [0.4, 0.5) is 5.82 Å². The van der Waals surface area contributed by atoms with E-state index < -0.39 is 0 Å². The van der Waals surface area contributed by atoms with Crippen molar-refractivity contribution in [2.45, 2.75) is 12.8 Å². The van der Waals surface area contributed by atoms with E-state index in [4.69, 9.17) is 15.3 Å². The molecule has 4 aromatic rings. The van der Waals surface area contributed by atoms with Crippen LogP contribution in [0.15, 0.2) is 40.9 Å². The van der Waals surface area contributed by atoms with Gasteiger partial charge in [0.1, 0.15) is 5.76 Å². The van der Waals surface area contributed by atoms with Gasteiger partial charge in [-0.3, -0.25) is 5.10 Å². The number of nitrogens with one attached hydrogen (secondary N) is 1. The van der Waals surface area contributed by atoms with E-state index in [1.54, 1.807) is 6.20 Å². The summed E-state index contributed by atoms with van der Waals surface area (Å²) in [5.41, 5.74) is 9.32. The fourth-order valence-electron chi connectivity index (χ4n) is 2.82. The molecule has 0 saturated heterocycles. The number of H-pyrrole nitrogens is 1. The molecule has 6 heteroatoms. The van der Waals surface area contributed by atoms with E-state index in [1.165, 1.54) is 0 Å².